The standard InChI is InChI=1S/C22H27N7O/c1-17-14-19(8-9-21(17)29-16-23-25-26-29)22(30)24-20(18-6-4-3-5-7-18)15-28-12-10-27(2)11-13-28/h3-9,14,16,20H,10-13,15H2,1-2H3,(H,24,30). The van der Waals surface area contributed by atoms with Crippen molar-refractivity contribution in [3.63, 3.8) is 0 Å². The third-order valence-electron chi connectivity index (χ3n) is 5.60. The van der Waals surface area contributed by atoms with E-state index in [2.05, 4.69) is 49.8 Å². The van der Waals surface area contributed by atoms with Crippen LogP contribution in [0.1, 0.15) is 27.5 Å². The molecule has 8 heteroatoms. The summed E-state index contributed by atoms with van der Waals surface area (Å²) in [6.07, 6.45) is 1.55. The average Bonchev–Trinajstić information content (AvgIpc) is 3.30. The molecule has 2 aromatic carbocycles. The van der Waals surface area contributed by atoms with Crippen LogP contribution < -0.4 is 5.32 Å². The molecule has 0 aliphatic carbocycles. The van der Waals surface area contributed by atoms with Crippen molar-refractivity contribution in [1.82, 2.24) is 35.3 Å². The zero-order chi connectivity index (χ0) is 20.9. The maximum Gasteiger partial charge on any atom is 0.251 e. The molecule has 0 bridgehead atoms. The van der Waals surface area contributed by atoms with Gasteiger partial charge in [-0.1, -0.05) is 30.3 Å². The Morgan fingerprint density at radius 3 is 2.53 bits per heavy atom. The molecule has 1 aromatic heterocycles. The van der Waals surface area contributed by atoms with E-state index in [9.17, 15) is 4.79 Å². The van der Waals surface area contributed by atoms with E-state index in [1.54, 1.807) is 11.0 Å². The zero-order valence-electron chi connectivity index (χ0n) is 17.4. The summed E-state index contributed by atoms with van der Waals surface area (Å²) in [5.74, 6) is -0.0793. The number of carbonyl (C=O) groups excluding carboxylic acids is 1. The van der Waals surface area contributed by atoms with Gasteiger partial charge in [-0.05, 0) is 53.7 Å². The molecule has 156 valence electrons. The number of tetrazole rings is 1. The highest BCUT2D eigenvalue weighted by molar-refractivity contribution is 5.95. The Bertz CT molecular complexity index is 966. The molecule has 2 heterocycles. The summed E-state index contributed by atoms with van der Waals surface area (Å²) in [6.45, 7) is 6.86. The van der Waals surface area contributed by atoms with Crippen LogP contribution in [0.25, 0.3) is 5.69 Å². The second kappa shape index (κ2) is 9.15. The molecule has 1 amide bonds. The lowest BCUT2D eigenvalue weighted by molar-refractivity contribution is 0.0907. The van der Waals surface area contributed by atoms with Crippen LogP contribution in [-0.2, 0) is 0 Å². The fourth-order valence-electron chi connectivity index (χ4n) is 3.78. The van der Waals surface area contributed by atoms with Crippen molar-refractivity contribution in [3.8, 4) is 5.69 Å². The van der Waals surface area contributed by atoms with Crippen molar-refractivity contribution in [2.24, 2.45) is 0 Å². The van der Waals surface area contributed by atoms with Crippen molar-refractivity contribution in [3.05, 3.63) is 71.5 Å². The van der Waals surface area contributed by atoms with Gasteiger partial charge in [-0.3, -0.25) is 9.69 Å². The number of piperazine rings is 1. The van der Waals surface area contributed by atoms with Crippen molar-refractivity contribution in [2.45, 2.75) is 13.0 Å². The predicted molar refractivity (Wildman–Crippen MR) is 114 cm³/mol. The largest absolute Gasteiger partial charge is 0.344 e. The van der Waals surface area contributed by atoms with E-state index in [-0.39, 0.29) is 11.9 Å². The summed E-state index contributed by atoms with van der Waals surface area (Å²) >= 11 is 0. The highest BCUT2D eigenvalue weighted by Gasteiger charge is 2.22. The van der Waals surface area contributed by atoms with Gasteiger partial charge in [0.25, 0.3) is 5.91 Å². The number of hydrogen-bond donors (Lipinski definition) is 1. The Morgan fingerprint density at radius 1 is 1.10 bits per heavy atom. The van der Waals surface area contributed by atoms with Gasteiger partial charge in [-0.2, -0.15) is 0 Å². The Kier molecular flexibility index (Phi) is 6.15. The highest BCUT2D eigenvalue weighted by Crippen LogP contribution is 2.18. The third-order valence-corrected chi connectivity index (χ3v) is 5.60. The number of carbonyl (C=O) groups is 1. The second-order valence-electron chi connectivity index (χ2n) is 7.80. The predicted octanol–water partition coefficient (Wildman–Crippen LogP) is 1.69. The number of rotatable bonds is 6. The molecule has 1 fully saturated rings. The van der Waals surface area contributed by atoms with Crippen LogP contribution in [0.4, 0.5) is 0 Å². The number of amides is 1. The molecular formula is C22H27N7O. The summed E-state index contributed by atoms with van der Waals surface area (Å²) in [5, 5.41) is 14.5. The fourth-order valence-corrected chi connectivity index (χ4v) is 3.78. The van der Waals surface area contributed by atoms with Crippen LogP contribution in [0, 0.1) is 6.92 Å². The first-order chi connectivity index (χ1) is 14.6. The smallest absolute Gasteiger partial charge is 0.251 e. The first kappa shape index (κ1) is 20.2. The SMILES string of the molecule is Cc1cc(C(=O)NC(CN2CCN(C)CC2)c2ccccc2)ccc1-n1cnnn1. The lowest BCUT2D eigenvalue weighted by Gasteiger charge is -2.35. The van der Waals surface area contributed by atoms with Gasteiger partial charge < -0.3 is 10.2 Å². The molecular weight excluding hydrogens is 378 g/mol. The monoisotopic (exact) mass is 405 g/mol. The normalized spacial score (nSPS) is 16.3. The molecule has 4 rings (SSSR count). The topological polar surface area (TPSA) is 79.2 Å². The zero-order valence-corrected chi connectivity index (χ0v) is 17.4. The molecule has 1 saturated heterocycles. The van der Waals surface area contributed by atoms with Gasteiger partial charge >= 0.3 is 0 Å². The van der Waals surface area contributed by atoms with Crippen LogP contribution in [0.5, 0.6) is 0 Å². The minimum absolute atomic E-state index is 0.0680. The molecule has 0 radical (unpaired) electrons. The molecule has 3 aromatic rings. The Morgan fingerprint density at radius 2 is 1.87 bits per heavy atom. The number of nitrogens with one attached hydrogen (secondary N) is 1. The van der Waals surface area contributed by atoms with Crippen LogP contribution in [0.2, 0.25) is 0 Å². The molecule has 1 aliphatic rings. The maximum atomic E-state index is 13.1. The average molecular weight is 406 g/mol. The number of likely N-dealkylation sites (N-methyl/N-ethyl adjacent to an activating group) is 1. The van der Waals surface area contributed by atoms with Crippen molar-refractivity contribution >= 4 is 5.91 Å². The number of benzene rings is 2. The summed E-state index contributed by atoms with van der Waals surface area (Å²) in [5.41, 5.74) is 3.54. The molecule has 0 saturated carbocycles. The summed E-state index contributed by atoms with van der Waals surface area (Å²) < 4.78 is 1.59. The van der Waals surface area contributed by atoms with Crippen LogP contribution in [0.3, 0.4) is 0 Å². The van der Waals surface area contributed by atoms with Gasteiger partial charge in [0, 0.05) is 38.3 Å². The summed E-state index contributed by atoms with van der Waals surface area (Å²) in [6, 6.07) is 15.7. The van der Waals surface area contributed by atoms with E-state index < -0.39 is 0 Å². The Balaban J connectivity index is 1.50. The lowest BCUT2D eigenvalue weighted by Crippen LogP contribution is -2.47. The van der Waals surface area contributed by atoms with Gasteiger partial charge in [-0.15, -0.1) is 5.10 Å². The minimum atomic E-state index is -0.0793. The van der Waals surface area contributed by atoms with E-state index in [4.69, 9.17) is 0 Å². The lowest BCUT2D eigenvalue weighted by atomic mass is 10.0. The molecule has 8 nitrogen and oxygen atoms in total. The Labute approximate surface area is 176 Å². The van der Waals surface area contributed by atoms with Crippen LogP contribution >= 0.6 is 0 Å². The minimum Gasteiger partial charge on any atom is -0.344 e. The van der Waals surface area contributed by atoms with Gasteiger partial charge in [0.05, 0.1) is 11.7 Å². The van der Waals surface area contributed by atoms with Gasteiger partial charge in [0.2, 0.25) is 0 Å². The number of aromatic nitrogens is 4. The number of aryl methyl sites for hydroxylation is 1. The highest BCUT2D eigenvalue weighted by atomic mass is 16.1. The van der Waals surface area contributed by atoms with E-state index in [0.717, 1.165) is 49.5 Å². The van der Waals surface area contributed by atoms with Crippen molar-refractivity contribution in [1.29, 1.82) is 0 Å². The quantitative estimate of drug-likeness (QED) is 0.672. The van der Waals surface area contributed by atoms with Gasteiger partial charge in [0.1, 0.15) is 6.33 Å². The number of nitrogens with zero attached hydrogens (tertiary/aromatic N) is 6. The first-order valence-corrected chi connectivity index (χ1v) is 10.2. The van der Waals surface area contributed by atoms with E-state index in [1.165, 1.54) is 0 Å². The molecule has 1 unspecified atom stereocenters. The molecule has 30 heavy (non-hydrogen) atoms. The Hall–Kier alpha value is -3.10. The third kappa shape index (κ3) is 4.72. The second-order valence-corrected chi connectivity index (χ2v) is 7.80. The van der Waals surface area contributed by atoms with Crippen molar-refractivity contribution < 1.29 is 4.79 Å². The summed E-state index contributed by atoms with van der Waals surface area (Å²) in [7, 11) is 2.15. The van der Waals surface area contributed by atoms with Gasteiger partial charge in [0.15, 0.2) is 0 Å². The van der Waals surface area contributed by atoms with Gasteiger partial charge in [-0.25, -0.2) is 4.68 Å². The van der Waals surface area contributed by atoms with E-state index >= 15 is 0 Å². The molecule has 1 N–H and O–H groups in total. The first-order valence-electron chi connectivity index (χ1n) is 10.2. The van der Waals surface area contributed by atoms with Crippen LogP contribution in [-0.4, -0.2) is 75.7 Å². The molecule has 1 atom stereocenters. The number of hydrogen-bond acceptors (Lipinski definition) is 6. The fraction of sp³-hybridized carbons (Fsp3) is 0.364. The maximum absolute atomic E-state index is 13.1. The van der Waals surface area contributed by atoms with E-state index in [0.29, 0.717) is 5.56 Å². The van der Waals surface area contributed by atoms with E-state index in [1.807, 2.05) is 43.3 Å². The van der Waals surface area contributed by atoms with Crippen LogP contribution in [0.15, 0.2) is 54.9 Å². The molecule has 1 aliphatic heterocycles. The van der Waals surface area contributed by atoms with Crippen molar-refractivity contribution in [2.75, 3.05) is 39.8 Å². The summed E-state index contributed by atoms with van der Waals surface area (Å²) in [4.78, 5) is 17.8. The molecule has 0 spiro atoms.